The zero-order valence-electron chi connectivity index (χ0n) is 10.9. The monoisotopic (exact) mass is 224 g/mol. The van der Waals surface area contributed by atoms with Crippen molar-refractivity contribution >= 4 is 0 Å². The van der Waals surface area contributed by atoms with Gasteiger partial charge in [-0.2, -0.15) is 0 Å². The first-order valence-corrected chi connectivity index (χ1v) is 7.21. The maximum absolute atomic E-state index is 9.92. The number of aliphatic hydroxyl groups excluding tert-OH is 1. The molecule has 1 aliphatic rings. The fourth-order valence-electron chi connectivity index (χ4n) is 2.48. The van der Waals surface area contributed by atoms with E-state index in [0.717, 1.165) is 12.8 Å². The number of allylic oxidation sites excluding steroid dienone is 1. The molecule has 0 bridgehead atoms. The Bertz CT molecular complexity index is 196. The number of rotatable bonds is 9. The molecule has 1 heteroatoms. The van der Waals surface area contributed by atoms with Gasteiger partial charge in [-0.1, -0.05) is 57.9 Å². The van der Waals surface area contributed by atoms with E-state index in [-0.39, 0.29) is 6.10 Å². The number of hydrogen-bond acceptors (Lipinski definition) is 1. The summed E-state index contributed by atoms with van der Waals surface area (Å²) in [6.45, 7) is 2.26. The van der Waals surface area contributed by atoms with E-state index in [1.807, 2.05) is 0 Å². The molecule has 1 atom stereocenters. The highest BCUT2D eigenvalue weighted by molar-refractivity contribution is 5.12. The molecular weight excluding hydrogens is 196 g/mol. The van der Waals surface area contributed by atoms with Gasteiger partial charge in [-0.05, 0) is 31.3 Å². The average molecular weight is 224 g/mol. The van der Waals surface area contributed by atoms with Crippen molar-refractivity contribution in [3.63, 3.8) is 0 Å². The maximum atomic E-state index is 9.92. The topological polar surface area (TPSA) is 20.2 Å². The van der Waals surface area contributed by atoms with Crippen LogP contribution in [0.2, 0.25) is 0 Å². The van der Waals surface area contributed by atoms with Crippen molar-refractivity contribution in [2.75, 3.05) is 0 Å². The van der Waals surface area contributed by atoms with Crippen LogP contribution < -0.4 is 0 Å². The molecular formula is C15H28O. The Morgan fingerprint density at radius 3 is 2.44 bits per heavy atom. The number of hydrogen-bond donors (Lipinski definition) is 1. The van der Waals surface area contributed by atoms with E-state index < -0.39 is 0 Å². The number of aliphatic hydroxyl groups is 1. The fourth-order valence-corrected chi connectivity index (χ4v) is 2.48. The van der Waals surface area contributed by atoms with Crippen LogP contribution in [0, 0.1) is 0 Å². The van der Waals surface area contributed by atoms with Crippen LogP contribution in [0.25, 0.3) is 0 Å². The van der Waals surface area contributed by atoms with E-state index in [1.54, 1.807) is 0 Å². The molecule has 0 aromatic heterocycles. The summed E-state index contributed by atoms with van der Waals surface area (Å²) in [7, 11) is 0. The van der Waals surface area contributed by atoms with Gasteiger partial charge >= 0.3 is 0 Å². The van der Waals surface area contributed by atoms with Gasteiger partial charge in [-0.3, -0.25) is 0 Å². The molecule has 0 heterocycles. The predicted octanol–water partition coefficient (Wildman–Crippen LogP) is 4.60. The van der Waals surface area contributed by atoms with Gasteiger partial charge in [0.15, 0.2) is 0 Å². The lowest BCUT2D eigenvalue weighted by atomic mass is 10.0. The first kappa shape index (κ1) is 13.8. The second kappa shape index (κ2) is 8.81. The van der Waals surface area contributed by atoms with Crippen LogP contribution in [-0.2, 0) is 0 Å². The highest BCUT2D eigenvalue weighted by atomic mass is 16.3. The summed E-state index contributed by atoms with van der Waals surface area (Å²) in [6, 6.07) is 0. The molecule has 94 valence electrons. The lowest BCUT2D eigenvalue weighted by Gasteiger charge is -2.11. The van der Waals surface area contributed by atoms with Crippen LogP contribution in [0.15, 0.2) is 11.6 Å². The van der Waals surface area contributed by atoms with Gasteiger partial charge < -0.3 is 5.11 Å². The highest BCUT2D eigenvalue weighted by Crippen LogP contribution is 2.23. The van der Waals surface area contributed by atoms with Crippen LogP contribution in [0.5, 0.6) is 0 Å². The molecule has 1 aliphatic carbocycles. The van der Waals surface area contributed by atoms with Gasteiger partial charge in [0.1, 0.15) is 0 Å². The molecule has 1 nitrogen and oxygen atoms in total. The second-order valence-electron chi connectivity index (χ2n) is 5.10. The molecule has 0 amide bonds. The fraction of sp³-hybridized carbons (Fsp3) is 0.867. The molecule has 1 unspecified atom stereocenters. The lowest BCUT2D eigenvalue weighted by molar-refractivity contribution is 0.193. The zero-order valence-corrected chi connectivity index (χ0v) is 10.9. The summed E-state index contributed by atoms with van der Waals surface area (Å²) >= 11 is 0. The van der Waals surface area contributed by atoms with Crippen molar-refractivity contribution in [1.82, 2.24) is 0 Å². The summed E-state index contributed by atoms with van der Waals surface area (Å²) < 4.78 is 0. The largest absolute Gasteiger partial charge is 0.389 e. The molecule has 0 fully saturated rings. The van der Waals surface area contributed by atoms with Crippen molar-refractivity contribution in [3.05, 3.63) is 11.6 Å². The van der Waals surface area contributed by atoms with Crippen LogP contribution >= 0.6 is 0 Å². The smallest absolute Gasteiger partial charge is 0.0750 e. The standard InChI is InChI=1S/C15H28O/c1-2-3-4-5-6-7-8-13-15(16)14-11-9-10-12-14/h11,15-16H,2-10,12-13H2,1H3. The van der Waals surface area contributed by atoms with Crippen molar-refractivity contribution in [2.24, 2.45) is 0 Å². The maximum Gasteiger partial charge on any atom is 0.0750 e. The molecule has 0 aromatic rings. The molecule has 0 spiro atoms. The number of unbranched alkanes of at least 4 members (excludes halogenated alkanes) is 6. The Kier molecular flexibility index (Phi) is 7.58. The van der Waals surface area contributed by atoms with Gasteiger partial charge in [0.25, 0.3) is 0 Å². The summed E-state index contributed by atoms with van der Waals surface area (Å²) in [4.78, 5) is 0. The van der Waals surface area contributed by atoms with Crippen LogP contribution in [0.1, 0.15) is 77.6 Å². The van der Waals surface area contributed by atoms with Crippen LogP contribution in [0.3, 0.4) is 0 Å². The normalized spacial score (nSPS) is 17.5. The molecule has 1 N–H and O–H groups in total. The predicted molar refractivity (Wildman–Crippen MR) is 70.6 cm³/mol. The Morgan fingerprint density at radius 1 is 1.12 bits per heavy atom. The Morgan fingerprint density at radius 2 is 1.81 bits per heavy atom. The van der Waals surface area contributed by atoms with E-state index in [1.165, 1.54) is 63.4 Å². The van der Waals surface area contributed by atoms with Gasteiger partial charge in [0, 0.05) is 0 Å². The second-order valence-corrected chi connectivity index (χ2v) is 5.10. The van der Waals surface area contributed by atoms with Gasteiger partial charge in [0.05, 0.1) is 6.10 Å². The quantitative estimate of drug-likeness (QED) is 0.448. The van der Waals surface area contributed by atoms with Crippen molar-refractivity contribution < 1.29 is 5.11 Å². The van der Waals surface area contributed by atoms with Gasteiger partial charge in [-0.25, -0.2) is 0 Å². The van der Waals surface area contributed by atoms with Crippen LogP contribution in [-0.4, -0.2) is 11.2 Å². The zero-order chi connectivity index (χ0) is 11.6. The van der Waals surface area contributed by atoms with Crippen molar-refractivity contribution in [3.8, 4) is 0 Å². The first-order valence-electron chi connectivity index (χ1n) is 7.21. The molecule has 0 aliphatic heterocycles. The van der Waals surface area contributed by atoms with Crippen molar-refractivity contribution in [1.29, 1.82) is 0 Å². The van der Waals surface area contributed by atoms with Gasteiger partial charge in [-0.15, -0.1) is 0 Å². The Labute approximate surface area is 101 Å². The summed E-state index contributed by atoms with van der Waals surface area (Å²) in [6.07, 6.45) is 16.0. The molecule has 0 saturated heterocycles. The lowest BCUT2D eigenvalue weighted by Crippen LogP contribution is -2.08. The summed E-state index contributed by atoms with van der Waals surface area (Å²) in [5.74, 6) is 0. The first-order chi connectivity index (χ1) is 7.84. The highest BCUT2D eigenvalue weighted by Gasteiger charge is 2.13. The van der Waals surface area contributed by atoms with Crippen LogP contribution in [0.4, 0.5) is 0 Å². The van der Waals surface area contributed by atoms with E-state index in [9.17, 15) is 5.11 Å². The van der Waals surface area contributed by atoms with E-state index >= 15 is 0 Å². The van der Waals surface area contributed by atoms with E-state index in [4.69, 9.17) is 0 Å². The molecule has 16 heavy (non-hydrogen) atoms. The molecule has 0 aromatic carbocycles. The molecule has 0 saturated carbocycles. The minimum absolute atomic E-state index is 0.127. The Hall–Kier alpha value is -0.300. The molecule has 0 radical (unpaired) electrons. The minimum Gasteiger partial charge on any atom is -0.389 e. The minimum atomic E-state index is -0.127. The third-order valence-electron chi connectivity index (χ3n) is 3.59. The van der Waals surface area contributed by atoms with Crippen molar-refractivity contribution in [2.45, 2.75) is 83.7 Å². The van der Waals surface area contributed by atoms with E-state index in [2.05, 4.69) is 13.0 Å². The molecule has 1 rings (SSSR count). The average Bonchev–Trinajstić information content (AvgIpc) is 2.81. The third-order valence-corrected chi connectivity index (χ3v) is 3.59. The summed E-state index contributed by atoms with van der Waals surface area (Å²) in [5.41, 5.74) is 1.31. The van der Waals surface area contributed by atoms with E-state index in [0.29, 0.717) is 0 Å². The third kappa shape index (κ3) is 5.69. The summed E-state index contributed by atoms with van der Waals surface area (Å²) in [5, 5.41) is 9.92. The van der Waals surface area contributed by atoms with Gasteiger partial charge in [0.2, 0.25) is 0 Å². The Balaban J connectivity index is 1.90. The SMILES string of the molecule is CCCCCCCCCC(O)C1=CCCC1.